The van der Waals surface area contributed by atoms with E-state index in [2.05, 4.69) is 12.1 Å². The molecule has 0 radical (unpaired) electrons. The molecule has 1 spiro atoms. The van der Waals surface area contributed by atoms with Gasteiger partial charge in [0.1, 0.15) is 0 Å². The lowest BCUT2D eigenvalue weighted by Crippen LogP contribution is -2.28. The van der Waals surface area contributed by atoms with E-state index in [1.165, 1.54) is 35.7 Å². The molecule has 0 aliphatic heterocycles. The van der Waals surface area contributed by atoms with E-state index in [1.807, 2.05) is 42.5 Å². The highest BCUT2D eigenvalue weighted by Gasteiger charge is 2.46. The van der Waals surface area contributed by atoms with Gasteiger partial charge < -0.3 is 0 Å². The van der Waals surface area contributed by atoms with Gasteiger partial charge in [0.05, 0.1) is 14.1 Å². The summed E-state index contributed by atoms with van der Waals surface area (Å²) in [5.74, 6) is -1.68. The molecule has 0 N–H and O–H groups in total. The fourth-order valence-corrected chi connectivity index (χ4v) is 11.9. The van der Waals surface area contributed by atoms with Crippen LogP contribution in [0.2, 0.25) is 0 Å². The number of carbonyl (C=O) groups excluding carboxylic acids is 4. The standard InChI is InChI=1S/C36H22O4S3/c37-29-22-10-4-2-8-20(22)24(31(29)39)14-18-15-26-28(36(18)12-6-1-7-13-36)34-35(42-26)33-27(43-34)17-19(41-33)16-25-21-9-3-5-11-23(21)30(38)32(25)40/h2-5,8-11,14-17H,1,6-7,12-13H2/b24-14-,25-16-. The average molecular weight is 615 g/mol. The summed E-state index contributed by atoms with van der Waals surface area (Å²) in [6.45, 7) is 0. The predicted molar refractivity (Wildman–Crippen MR) is 175 cm³/mol. The number of carbonyl (C=O) groups is 4. The monoisotopic (exact) mass is 614 g/mol. The Morgan fingerprint density at radius 2 is 1.21 bits per heavy atom. The maximum Gasteiger partial charge on any atom is 0.234 e. The average Bonchev–Trinajstić information content (AvgIpc) is 3.82. The molecule has 208 valence electrons. The van der Waals surface area contributed by atoms with Gasteiger partial charge in [0, 0.05) is 42.1 Å². The van der Waals surface area contributed by atoms with Gasteiger partial charge in [-0.3, -0.25) is 19.2 Å². The molecule has 0 unspecified atom stereocenters. The molecule has 0 amide bonds. The van der Waals surface area contributed by atoms with E-state index in [9.17, 15) is 19.2 Å². The minimum atomic E-state index is -0.436. The number of fused-ring (bicyclic) bond motifs is 8. The van der Waals surface area contributed by atoms with E-state index in [4.69, 9.17) is 0 Å². The number of hydrogen-bond acceptors (Lipinski definition) is 7. The number of thiophene rings is 3. The molecule has 7 heteroatoms. The first-order chi connectivity index (χ1) is 20.9. The van der Waals surface area contributed by atoms with Crippen LogP contribution in [0.25, 0.3) is 42.1 Å². The third-order valence-corrected chi connectivity index (χ3v) is 13.3. The van der Waals surface area contributed by atoms with Gasteiger partial charge in [-0.1, -0.05) is 67.8 Å². The Morgan fingerprint density at radius 1 is 0.605 bits per heavy atom. The number of allylic oxidation sites excluding steroid dienone is 4. The fourth-order valence-electron chi connectivity index (χ4n) is 7.49. The van der Waals surface area contributed by atoms with Crippen molar-refractivity contribution >= 4 is 99.2 Å². The summed E-state index contributed by atoms with van der Waals surface area (Å²) in [6, 6.07) is 16.7. The smallest absolute Gasteiger partial charge is 0.234 e. The van der Waals surface area contributed by atoms with Crippen molar-refractivity contribution in [2.24, 2.45) is 0 Å². The summed E-state index contributed by atoms with van der Waals surface area (Å²) in [6.07, 6.45) is 11.7. The van der Waals surface area contributed by atoms with Gasteiger partial charge in [-0.25, -0.2) is 0 Å². The molecule has 0 saturated heterocycles. The lowest BCUT2D eigenvalue weighted by atomic mass is 9.67. The van der Waals surface area contributed by atoms with Crippen molar-refractivity contribution in [1.29, 1.82) is 0 Å². The Hall–Kier alpha value is -4.04. The minimum absolute atomic E-state index is 0.155. The van der Waals surface area contributed by atoms with Crippen molar-refractivity contribution < 1.29 is 19.2 Å². The van der Waals surface area contributed by atoms with Gasteiger partial charge in [-0.05, 0) is 59.4 Å². The van der Waals surface area contributed by atoms with Gasteiger partial charge in [-0.2, -0.15) is 0 Å². The summed E-state index contributed by atoms with van der Waals surface area (Å²) in [4.78, 5) is 53.4. The number of benzene rings is 2. The zero-order valence-corrected chi connectivity index (χ0v) is 25.3. The molecule has 3 heterocycles. The van der Waals surface area contributed by atoms with Crippen molar-refractivity contribution in [3.05, 3.63) is 104 Å². The first-order valence-corrected chi connectivity index (χ1v) is 16.9. The second-order valence-corrected chi connectivity index (χ2v) is 14.9. The summed E-state index contributed by atoms with van der Waals surface area (Å²) in [7, 11) is 0. The Bertz CT molecular complexity index is 2240. The molecular formula is C36H22O4S3. The van der Waals surface area contributed by atoms with Crippen LogP contribution in [-0.4, -0.2) is 23.1 Å². The molecular weight excluding hydrogens is 593 g/mol. The zero-order chi connectivity index (χ0) is 29.0. The van der Waals surface area contributed by atoms with E-state index in [0.29, 0.717) is 27.8 Å². The number of ketones is 4. The van der Waals surface area contributed by atoms with Crippen LogP contribution in [0.1, 0.15) is 79.3 Å². The van der Waals surface area contributed by atoms with Crippen LogP contribution in [0.15, 0.2) is 66.2 Å². The second-order valence-electron chi connectivity index (χ2n) is 11.7. The van der Waals surface area contributed by atoms with Gasteiger partial charge in [0.25, 0.3) is 0 Å². The van der Waals surface area contributed by atoms with Crippen LogP contribution in [0, 0.1) is 0 Å². The van der Waals surface area contributed by atoms with Crippen LogP contribution in [0.4, 0.5) is 0 Å². The maximum atomic E-state index is 13.1. The van der Waals surface area contributed by atoms with E-state index in [0.717, 1.165) is 41.7 Å². The maximum absolute atomic E-state index is 13.1. The second kappa shape index (κ2) is 8.99. The van der Waals surface area contributed by atoms with Crippen LogP contribution in [0.5, 0.6) is 0 Å². The van der Waals surface area contributed by atoms with E-state index in [-0.39, 0.29) is 5.41 Å². The van der Waals surface area contributed by atoms with E-state index < -0.39 is 23.1 Å². The third-order valence-electron chi connectivity index (χ3n) is 9.46. The number of rotatable bonds is 2. The van der Waals surface area contributed by atoms with Crippen LogP contribution >= 0.6 is 34.0 Å². The van der Waals surface area contributed by atoms with Crippen LogP contribution in [0.3, 0.4) is 0 Å². The molecule has 1 saturated carbocycles. The quantitative estimate of drug-likeness (QED) is 0.147. The van der Waals surface area contributed by atoms with E-state index >= 15 is 0 Å². The highest BCUT2D eigenvalue weighted by atomic mass is 32.1. The van der Waals surface area contributed by atoms with Gasteiger partial charge in [0.2, 0.25) is 23.1 Å². The van der Waals surface area contributed by atoms with Gasteiger partial charge >= 0.3 is 0 Å². The SMILES string of the molecule is O=C1C(=O)c2ccccc2/C1=C/C1=Cc2sc3c(sc4cc(/C=C5\C(=O)C(=O)c6ccccc65)sc43)c2C12CCCCC2. The summed E-state index contributed by atoms with van der Waals surface area (Å²) in [5, 5.41) is 0. The zero-order valence-electron chi connectivity index (χ0n) is 22.8. The molecule has 4 aliphatic carbocycles. The number of hydrogen-bond donors (Lipinski definition) is 0. The molecule has 9 rings (SSSR count). The summed E-state index contributed by atoms with van der Waals surface area (Å²) in [5.41, 5.74) is 5.84. The van der Waals surface area contributed by atoms with Crippen molar-refractivity contribution in [2.45, 2.75) is 37.5 Å². The Kier molecular flexibility index (Phi) is 5.32. The molecule has 4 nitrogen and oxygen atoms in total. The third kappa shape index (κ3) is 3.41. The molecule has 0 atom stereocenters. The van der Waals surface area contributed by atoms with Crippen molar-refractivity contribution in [2.75, 3.05) is 0 Å². The van der Waals surface area contributed by atoms with Gasteiger partial charge in [-0.15, -0.1) is 34.0 Å². The topological polar surface area (TPSA) is 68.3 Å². The summed E-state index contributed by atoms with van der Waals surface area (Å²) < 4.78 is 5.01. The highest BCUT2D eigenvalue weighted by molar-refractivity contribution is 7.39. The molecule has 0 bridgehead atoms. The molecule has 5 aromatic rings. The normalized spacial score (nSPS) is 20.7. The van der Waals surface area contributed by atoms with Crippen molar-refractivity contribution in [3.63, 3.8) is 0 Å². The van der Waals surface area contributed by atoms with Crippen LogP contribution in [-0.2, 0) is 15.0 Å². The Labute approximate surface area is 258 Å². The Morgan fingerprint density at radius 3 is 1.86 bits per heavy atom. The largest absolute Gasteiger partial charge is 0.285 e. The lowest BCUT2D eigenvalue weighted by molar-refractivity contribution is -0.110. The first-order valence-electron chi connectivity index (χ1n) is 14.5. The predicted octanol–water partition coefficient (Wildman–Crippen LogP) is 8.93. The molecule has 4 aliphatic rings. The first kappa shape index (κ1) is 25.5. The molecule has 2 aromatic carbocycles. The molecule has 3 aromatic heterocycles. The highest BCUT2D eigenvalue weighted by Crippen LogP contribution is 2.60. The lowest BCUT2D eigenvalue weighted by Gasteiger charge is -2.36. The molecule has 43 heavy (non-hydrogen) atoms. The Balaban J connectivity index is 1.17. The molecule has 1 fully saturated rings. The fraction of sp³-hybridized carbons (Fsp3) is 0.167. The van der Waals surface area contributed by atoms with E-state index in [1.54, 1.807) is 52.2 Å². The minimum Gasteiger partial charge on any atom is -0.285 e. The summed E-state index contributed by atoms with van der Waals surface area (Å²) >= 11 is 5.29. The van der Waals surface area contributed by atoms with Crippen LogP contribution < -0.4 is 0 Å². The van der Waals surface area contributed by atoms with Crippen molar-refractivity contribution in [1.82, 2.24) is 0 Å². The van der Waals surface area contributed by atoms with Crippen molar-refractivity contribution in [3.8, 4) is 0 Å². The number of Topliss-reactive ketones (excluding diaryl/α,β-unsaturated/α-hetero) is 4. The van der Waals surface area contributed by atoms with Gasteiger partial charge in [0.15, 0.2) is 0 Å².